The largest absolute Gasteiger partial charge is 0.481 e. The summed E-state index contributed by atoms with van der Waals surface area (Å²) in [6.45, 7) is 2.60. The fourth-order valence-corrected chi connectivity index (χ4v) is 3.50. The molecular weight excluding hydrogens is 268 g/mol. The van der Waals surface area contributed by atoms with Crippen LogP contribution in [0.4, 0.5) is 0 Å². The quantitative estimate of drug-likeness (QED) is 0.901. The average molecular weight is 292 g/mol. The highest BCUT2D eigenvalue weighted by Gasteiger charge is 2.46. The first-order valence-electron chi connectivity index (χ1n) is 7.66. The molecule has 0 bridgehead atoms. The van der Waals surface area contributed by atoms with Crippen molar-refractivity contribution in [1.82, 2.24) is 10.3 Å². The molecule has 1 atom stereocenters. The Morgan fingerprint density at radius 2 is 2.05 bits per heavy atom. The molecule has 1 aliphatic carbocycles. The van der Waals surface area contributed by atoms with Gasteiger partial charge in [-0.15, -0.1) is 0 Å². The summed E-state index contributed by atoms with van der Waals surface area (Å²) in [6, 6.07) is 4.49. The van der Waals surface area contributed by atoms with Crippen molar-refractivity contribution in [2.24, 2.45) is 5.41 Å². The standard InChI is InChI=1S/C16H24N2O3/c1-19-14-4-3-12(15(18-14)20-2)11-17-13-5-6-16(13)7-9-21-10-8-16/h3-4,13,17H,5-11H2,1-2H3. The summed E-state index contributed by atoms with van der Waals surface area (Å²) < 4.78 is 16.0. The second-order valence-electron chi connectivity index (χ2n) is 5.97. The number of pyridine rings is 1. The summed E-state index contributed by atoms with van der Waals surface area (Å²) in [7, 11) is 3.26. The molecule has 2 fully saturated rings. The summed E-state index contributed by atoms with van der Waals surface area (Å²) in [5.74, 6) is 1.22. The van der Waals surface area contributed by atoms with E-state index in [-0.39, 0.29) is 0 Å². The SMILES string of the molecule is COc1ccc(CNC2CCC23CCOCC3)c(OC)n1. The fourth-order valence-electron chi connectivity index (χ4n) is 3.50. The highest BCUT2D eigenvalue weighted by molar-refractivity contribution is 5.30. The van der Waals surface area contributed by atoms with E-state index in [0.29, 0.717) is 23.2 Å². The molecule has 2 aliphatic rings. The van der Waals surface area contributed by atoms with E-state index >= 15 is 0 Å². The predicted molar refractivity (Wildman–Crippen MR) is 79.7 cm³/mol. The fraction of sp³-hybridized carbons (Fsp3) is 0.688. The monoisotopic (exact) mass is 292 g/mol. The van der Waals surface area contributed by atoms with Gasteiger partial charge >= 0.3 is 0 Å². The van der Waals surface area contributed by atoms with Gasteiger partial charge in [0, 0.05) is 37.4 Å². The number of hydrogen-bond acceptors (Lipinski definition) is 5. The van der Waals surface area contributed by atoms with Crippen molar-refractivity contribution in [2.45, 2.75) is 38.3 Å². The zero-order valence-corrected chi connectivity index (χ0v) is 12.9. The Balaban J connectivity index is 1.62. The first kappa shape index (κ1) is 14.6. The first-order valence-corrected chi connectivity index (χ1v) is 7.66. The van der Waals surface area contributed by atoms with Crippen LogP contribution >= 0.6 is 0 Å². The molecule has 1 aromatic heterocycles. The van der Waals surface area contributed by atoms with E-state index in [2.05, 4.69) is 10.3 Å². The lowest BCUT2D eigenvalue weighted by Gasteiger charge is -2.52. The number of nitrogens with one attached hydrogen (secondary N) is 1. The third kappa shape index (κ3) is 2.85. The molecule has 5 nitrogen and oxygen atoms in total. The van der Waals surface area contributed by atoms with E-state index in [1.165, 1.54) is 25.7 Å². The molecule has 1 spiro atoms. The zero-order valence-electron chi connectivity index (χ0n) is 12.9. The normalized spacial score (nSPS) is 23.6. The van der Waals surface area contributed by atoms with Crippen molar-refractivity contribution in [3.63, 3.8) is 0 Å². The van der Waals surface area contributed by atoms with Crippen LogP contribution in [0, 0.1) is 5.41 Å². The van der Waals surface area contributed by atoms with E-state index in [4.69, 9.17) is 14.2 Å². The number of methoxy groups -OCH3 is 2. The number of ether oxygens (including phenoxy) is 3. The molecule has 1 unspecified atom stereocenters. The maximum atomic E-state index is 5.50. The van der Waals surface area contributed by atoms with Gasteiger partial charge in [0.15, 0.2) is 0 Å². The number of aromatic nitrogens is 1. The molecule has 1 saturated carbocycles. The highest BCUT2D eigenvalue weighted by atomic mass is 16.5. The number of nitrogens with zero attached hydrogens (tertiary/aromatic N) is 1. The second kappa shape index (κ2) is 6.20. The van der Waals surface area contributed by atoms with E-state index in [9.17, 15) is 0 Å². The van der Waals surface area contributed by atoms with Gasteiger partial charge in [-0.1, -0.05) is 0 Å². The summed E-state index contributed by atoms with van der Waals surface area (Å²) in [4.78, 5) is 4.33. The van der Waals surface area contributed by atoms with Crippen LogP contribution in [0.3, 0.4) is 0 Å². The lowest BCUT2D eigenvalue weighted by molar-refractivity contribution is -0.0552. The highest BCUT2D eigenvalue weighted by Crippen LogP contribution is 2.48. The van der Waals surface area contributed by atoms with Gasteiger partial charge in [-0.3, -0.25) is 0 Å². The van der Waals surface area contributed by atoms with Gasteiger partial charge in [0.25, 0.3) is 0 Å². The zero-order chi connectivity index (χ0) is 14.7. The lowest BCUT2D eigenvalue weighted by Crippen LogP contribution is -2.55. The van der Waals surface area contributed by atoms with Crippen LogP contribution in [-0.2, 0) is 11.3 Å². The van der Waals surface area contributed by atoms with Gasteiger partial charge in [-0.05, 0) is 37.2 Å². The summed E-state index contributed by atoms with van der Waals surface area (Å²) >= 11 is 0. The van der Waals surface area contributed by atoms with Crippen molar-refractivity contribution in [3.05, 3.63) is 17.7 Å². The van der Waals surface area contributed by atoms with Gasteiger partial charge in [0.1, 0.15) is 0 Å². The number of rotatable bonds is 5. The lowest BCUT2D eigenvalue weighted by atomic mass is 9.60. The summed E-state index contributed by atoms with van der Waals surface area (Å²) in [6.07, 6.45) is 4.95. The Hall–Kier alpha value is -1.33. The van der Waals surface area contributed by atoms with E-state index in [0.717, 1.165) is 25.3 Å². The number of hydrogen-bond donors (Lipinski definition) is 1. The summed E-state index contributed by atoms with van der Waals surface area (Å²) in [5.41, 5.74) is 1.54. The van der Waals surface area contributed by atoms with Crippen LogP contribution in [0.1, 0.15) is 31.2 Å². The molecule has 21 heavy (non-hydrogen) atoms. The minimum Gasteiger partial charge on any atom is -0.481 e. The first-order chi connectivity index (χ1) is 10.3. The minimum atomic E-state index is 0.464. The predicted octanol–water partition coefficient (Wildman–Crippen LogP) is 2.15. The van der Waals surface area contributed by atoms with Crippen LogP contribution < -0.4 is 14.8 Å². The van der Waals surface area contributed by atoms with Crippen molar-refractivity contribution in [2.75, 3.05) is 27.4 Å². The van der Waals surface area contributed by atoms with Crippen LogP contribution in [0.25, 0.3) is 0 Å². The van der Waals surface area contributed by atoms with Crippen molar-refractivity contribution >= 4 is 0 Å². The van der Waals surface area contributed by atoms with E-state index in [1.54, 1.807) is 14.2 Å². The topological polar surface area (TPSA) is 52.6 Å². The molecule has 0 aromatic carbocycles. The smallest absolute Gasteiger partial charge is 0.220 e. The van der Waals surface area contributed by atoms with Gasteiger partial charge in [-0.25, -0.2) is 0 Å². The molecule has 5 heteroatoms. The molecule has 116 valence electrons. The Morgan fingerprint density at radius 3 is 2.67 bits per heavy atom. The van der Waals surface area contributed by atoms with Crippen LogP contribution in [0.5, 0.6) is 11.8 Å². The van der Waals surface area contributed by atoms with Crippen LogP contribution in [0.15, 0.2) is 12.1 Å². The van der Waals surface area contributed by atoms with Gasteiger partial charge < -0.3 is 19.5 Å². The Kier molecular flexibility index (Phi) is 4.31. The maximum Gasteiger partial charge on any atom is 0.220 e. The molecule has 0 amide bonds. The third-order valence-corrected chi connectivity index (χ3v) is 5.01. The third-order valence-electron chi connectivity index (χ3n) is 5.01. The Bertz CT molecular complexity index is 486. The van der Waals surface area contributed by atoms with Gasteiger partial charge in [0.2, 0.25) is 11.8 Å². The Morgan fingerprint density at radius 1 is 1.24 bits per heavy atom. The average Bonchev–Trinajstić information content (AvgIpc) is 2.55. The molecule has 3 rings (SSSR count). The van der Waals surface area contributed by atoms with Crippen molar-refractivity contribution < 1.29 is 14.2 Å². The summed E-state index contributed by atoms with van der Waals surface area (Å²) in [5, 5.41) is 3.69. The van der Waals surface area contributed by atoms with E-state index in [1.807, 2.05) is 12.1 Å². The molecule has 0 radical (unpaired) electrons. The van der Waals surface area contributed by atoms with E-state index < -0.39 is 0 Å². The van der Waals surface area contributed by atoms with Crippen LogP contribution in [-0.4, -0.2) is 38.5 Å². The molecule has 1 N–H and O–H groups in total. The van der Waals surface area contributed by atoms with Gasteiger partial charge in [0.05, 0.1) is 14.2 Å². The van der Waals surface area contributed by atoms with Crippen LogP contribution in [0.2, 0.25) is 0 Å². The van der Waals surface area contributed by atoms with Gasteiger partial charge in [-0.2, -0.15) is 4.98 Å². The molecule has 1 aromatic rings. The van der Waals surface area contributed by atoms with Crippen molar-refractivity contribution in [3.8, 4) is 11.8 Å². The maximum absolute atomic E-state index is 5.50. The minimum absolute atomic E-state index is 0.464. The molecule has 1 aliphatic heterocycles. The molecule has 1 saturated heterocycles. The van der Waals surface area contributed by atoms with Crippen molar-refractivity contribution in [1.29, 1.82) is 0 Å². The Labute approximate surface area is 126 Å². The molecular formula is C16H24N2O3. The molecule has 2 heterocycles. The second-order valence-corrected chi connectivity index (χ2v) is 5.97.